The molecule has 2 bridgehead atoms. The number of hydrogen-bond donors (Lipinski definition) is 1. The van der Waals surface area contributed by atoms with E-state index in [2.05, 4.69) is 0 Å². The molecule has 3 heterocycles. The zero-order valence-corrected chi connectivity index (χ0v) is 20.2. The van der Waals surface area contributed by atoms with Crippen LogP contribution >= 0.6 is 0 Å². The average Bonchev–Trinajstić information content (AvgIpc) is 3.00. The quantitative estimate of drug-likeness (QED) is 0.631. The topological polar surface area (TPSA) is 103 Å². The van der Waals surface area contributed by atoms with Gasteiger partial charge in [-0.1, -0.05) is 13.8 Å². The van der Waals surface area contributed by atoms with Crippen LogP contribution in [0.3, 0.4) is 0 Å². The van der Waals surface area contributed by atoms with E-state index in [-0.39, 0.29) is 47.6 Å². The number of ether oxygens (including phenoxy) is 2. The smallest absolute Gasteiger partial charge is 0.343 e. The number of carbonyl (C=O) groups excluding carboxylic acids is 2. The van der Waals surface area contributed by atoms with Gasteiger partial charge in [0.25, 0.3) is 0 Å². The summed E-state index contributed by atoms with van der Waals surface area (Å²) in [6.07, 6.45) is 1.76. The molecule has 0 radical (unpaired) electrons. The maximum absolute atomic E-state index is 13.2. The molecule has 3 aliphatic rings. The lowest BCUT2D eigenvalue weighted by Gasteiger charge is -2.46. The molecule has 1 aromatic carbocycles. The molecule has 0 spiro atoms. The highest BCUT2D eigenvalue weighted by Gasteiger charge is 2.56. The number of hydrogen-bond acceptors (Lipinski definition) is 7. The fourth-order valence-corrected chi connectivity index (χ4v) is 5.22. The highest BCUT2D eigenvalue weighted by molar-refractivity contribution is 5.87. The van der Waals surface area contributed by atoms with E-state index in [9.17, 15) is 19.5 Å². The first-order valence-corrected chi connectivity index (χ1v) is 11.8. The third kappa shape index (κ3) is 4.29. The predicted octanol–water partition coefficient (Wildman–Crippen LogP) is 4.64. The molecule has 3 unspecified atom stereocenters. The van der Waals surface area contributed by atoms with Crippen LogP contribution in [0.4, 0.5) is 0 Å². The van der Waals surface area contributed by atoms with Crippen LogP contribution in [0.1, 0.15) is 64.4 Å². The monoisotopic (exact) mass is 468 g/mol. The maximum atomic E-state index is 13.2. The highest BCUT2D eigenvalue weighted by Crippen LogP contribution is 2.54. The Labute approximate surface area is 199 Å². The van der Waals surface area contributed by atoms with Crippen LogP contribution in [0, 0.1) is 11.3 Å². The van der Waals surface area contributed by atoms with Gasteiger partial charge < -0.3 is 19.0 Å². The van der Waals surface area contributed by atoms with Gasteiger partial charge in [-0.3, -0.25) is 9.59 Å². The SMILES string of the molecule is COc1ccc(-c2cc(O)c(C3CC4(CCC(=O)C(C)C)COC3(C)CCC4=O)c(=O)o2)cc1. The number of Topliss-reactive ketones (excluding diaryl/α,β-unsaturated/α-hetero) is 2. The van der Waals surface area contributed by atoms with Crippen molar-refractivity contribution < 1.29 is 28.6 Å². The summed E-state index contributed by atoms with van der Waals surface area (Å²) in [6.45, 7) is 5.80. The van der Waals surface area contributed by atoms with E-state index < -0.39 is 22.6 Å². The molecule has 3 atom stereocenters. The van der Waals surface area contributed by atoms with Crippen molar-refractivity contribution >= 4 is 11.6 Å². The van der Waals surface area contributed by atoms with Crippen molar-refractivity contribution in [2.75, 3.05) is 13.7 Å². The molecule has 182 valence electrons. The van der Waals surface area contributed by atoms with Gasteiger partial charge >= 0.3 is 5.63 Å². The fraction of sp³-hybridized carbons (Fsp3) is 0.519. The molecule has 7 heteroatoms. The number of fused-ring (bicyclic) bond motifs is 4. The Bertz CT molecular complexity index is 1150. The molecule has 2 saturated heterocycles. The Balaban J connectivity index is 1.70. The molecule has 5 rings (SSSR count). The van der Waals surface area contributed by atoms with Crippen molar-refractivity contribution in [1.29, 1.82) is 0 Å². The normalized spacial score (nSPS) is 26.5. The van der Waals surface area contributed by atoms with E-state index in [0.717, 1.165) is 0 Å². The minimum Gasteiger partial charge on any atom is -0.507 e. The molecule has 0 amide bonds. The predicted molar refractivity (Wildman–Crippen MR) is 126 cm³/mol. The summed E-state index contributed by atoms with van der Waals surface area (Å²) in [5.74, 6) is 0.263. The van der Waals surface area contributed by atoms with Gasteiger partial charge in [-0.2, -0.15) is 0 Å². The molecular formula is C27H32O7. The standard InChI is InChI=1S/C27H32O7/c1-16(2)20(28)9-12-27-14-19(26(3,33-15-27)11-10-23(27)30)24-21(29)13-22(34-25(24)31)17-5-7-18(32-4)8-6-17/h5-8,13,16,19,29H,9-12,14-15H2,1-4H3. The number of aromatic hydroxyl groups is 1. The van der Waals surface area contributed by atoms with Crippen molar-refractivity contribution in [3.63, 3.8) is 0 Å². The fourth-order valence-electron chi connectivity index (χ4n) is 5.22. The van der Waals surface area contributed by atoms with E-state index in [1.54, 1.807) is 31.4 Å². The Morgan fingerprint density at radius 1 is 1.24 bits per heavy atom. The van der Waals surface area contributed by atoms with E-state index in [1.165, 1.54) is 6.07 Å². The molecule has 34 heavy (non-hydrogen) atoms. The summed E-state index contributed by atoms with van der Waals surface area (Å²) in [7, 11) is 1.56. The Hall–Kier alpha value is -2.93. The van der Waals surface area contributed by atoms with Crippen LogP contribution in [0.5, 0.6) is 11.5 Å². The summed E-state index contributed by atoms with van der Waals surface area (Å²) in [4.78, 5) is 38.7. The number of rotatable bonds is 7. The van der Waals surface area contributed by atoms with Gasteiger partial charge in [-0.05, 0) is 50.5 Å². The molecule has 2 aliphatic heterocycles. The summed E-state index contributed by atoms with van der Waals surface area (Å²) >= 11 is 0. The number of methoxy groups -OCH3 is 1. The van der Waals surface area contributed by atoms with E-state index in [0.29, 0.717) is 37.0 Å². The molecular weight excluding hydrogens is 436 g/mol. The van der Waals surface area contributed by atoms with Gasteiger partial charge in [-0.25, -0.2) is 4.79 Å². The summed E-state index contributed by atoms with van der Waals surface area (Å²) in [6, 6.07) is 8.42. The highest BCUT2D eigenvalue weighted by atomic mass is 16.5. The average molecular weight is 469 g/mol. The molecule has 2 aromatic rings. The molecule has 1 N–H and O–H groups in total. The van der Waals surface area contributed by atoms with Crippen LogP contribution in [0.2, 0.25) is 0 Å². The summed E-state index contributed by atoms with van der Waals surface area (Å²) in [5.41, 5.74) is -1.52. The van der Waals surface area contributed by atoms with Crippen molar-refractivity contribution in [3.8, 4) is 22.8 Å². The lowest BCUT2D eigenvalue weighted by molar-refractivity contribution is -0.149. The lowest BCUT2D eigenvalue weighted by atomic mass is 9.67. The maximum Gasteiger partial charge on any atom is 0.343 e. The first-order valence-electron chi connectivity index (χ1n) is 11.8. The molecule has 1 aliphatic carbocycles. The van der Waals surface area contributed by atoms with Gasteiger partial charge in [0.05, 0.1) is 30.3 Å². The molecule has 3 fully saturated rings. The van der Waals surface area contributed by atoms with Gasteiger partial charge in [0.1, 0.15) is 28.8 Å². The zero-order valence-electron chi connectivity index (χ0n) is 20.2. The minimum atomic E-state index is -0.848. The third-order valence-corrected chi connectivity index (χ3v) is 7.63. The third-order valence-electron chi connectivity index (χ3n) is 7.63. The van der Waals surface area contributed by atoms with Crippen LogP contribution in [-0.2, 0) is 14.3 Å². The second kappa shape index (κ2) is 9.02. The molecule has 1 aromatic heterocycles. The zero-order chi connectivity index (χ0) is 24.7. The minimum absolute atomic E-state index is 0.0639. The Morgan fingerprint density at radius 3 is 2.56 bits per heavy atom. The van der Waals surface area contributed by atoms with Crippen LogP contribution < -0.4 is 10.4 Å². The van der Waals surface area contributed by atoms with Gasteiger partial charge in [0.15, 0.2) is 0 Å². The molecule has 7 nitrogen and oxygen atoms in total. The van der Waals surface area contributed by atoms with Crippen LogP contribution in [0.25, 0.3) is 11.3 Å². The van der Waals surface area contributed by atoms with Gasteiger partial charge in [-0.15, -0.1) is 0 Å². The van der Waals surface area contributed by atoms with Crippen molar-refractivity contribution in [2.24, 2.45) is 11.3 Å². The van der Waals surface area contributed by atoms with Crippen LogP contribution in [0.15, 0.2) is 39.5 Å². The van der Waals surface area contributed by atoms with Crippen molar-refractivity contribution in [1.82, 2.24) is 0 Å². The van der Waals surface area contributed by atoms with E-state index in [4.69, 9.17) is 13.9 Å². The van der Waals surface area contributed by atoms with Gasteiger partial charge in [0, 0.05) is 36.3 Å². The second-order valence-corrected chi connectivity index (χ2v) is 10.1. The largest absolute Gasteiger partial charge is 0.507 e. The van der Waals surface area contributed by atoms with E-state index in [1.807, 2.05) is 20.8 Å². The molecule has 1 saturated carbocycles. The first kappa shape index (κ1) is 24.2. The second-order valence-electron chi connectivity index (χ2n) is 10.1. The summed E-state index contributed by atoms with van der Waals surface area (Å²) < 4.78 is 17.0. The number of benzene rings is 1. The Morgan fingerprint density at radius 2 is 1.94 bits per heavy atom. The number of ketones is 2. The van der Waals surface area contributed by atoms with Crippen molar-refractivity contribution in [3.05, 3.63) is 46.3 Å². The lowest BCUT2D eigenvalue weighted by Crippen LogP contribution is -2.48. The first-order chi connectivity index (χ1) is 16.1. The van der Waals surface area contributed by atoms with Gasteiger partial charge in [0.2, 0.25) is 0 Å². The number of carbonyl (C=O) groups is 2. The van der Waals surface area contributed by atoms with Crippen molar-refractivity contribution in [2.45, 2.75) is 64.4 Å². The van der Waals surface area contributed by atoms with Crippen LogP contribution in [-0.4, -0.2) is 36.0 Å². The summed E-state index contributed by atoms with van der Waals surface area (Å²) in [5, 5.41) is 11.0. The Kier molecular flexibility index (Phi) is 6.42. The van der Waals surface area contributed by atoms with E-state index >= 15 is 0 Å².